The number of aryl methyl sites for hydroxylation is 13. The molecule has 8 aliphatic rings. The van der Waals surface area contributed by atoms with Gasteiger partial charge in [-0.1, -0.05) is 144 Å². The van der Waals surface area contributed by atoms with Crippen LogP contribution in [0.15, 0.2) is 189 Å². The number of para-hydroxylation sites is 1. The Bertz CT molecular complexity index is 6300. The zero-order chi connectivity index (χ0) is 82.0. The van der Waals surface area contributed by atoms with Crippen molar-refractivity contribution in [1.82, 2.24) is 15.0 Å². The first-order valence-corrected chi connectivity index (χ1v) is 46.2. The summed E-state index contributed by atoms with van der Waals surface area (Å²) in [4.78, 5) is 13.2. The van der Waals surface area contributed by atoms with Crippen LogP contribution in [0.25, 0.3) is 133 Å². The molecule has 0 atom stereocenters. The first-order valence-electron chi connectivity index (χ1n) is 46.2. The minimum absolute atomic E-state index is 0.546. The lowest BCUT2D eigenvalue weighted by atomic mass is 9.64. The van der Waals surface area contributed by atoms with E-state index in [-0.39, 0.29) is 0 Å². The van der Waals surface area contributed by atoms with Crippen molar-refractivity contribution < 1.29 is 35.9 Å². The summed E-state index contributed by atoms with van der Waals surface area (Å²) in [5.74, 6) is 0. The number of hydrogen-bond acceptors (Lipinski definition) is 7. The Morgan fingerprint density at radius 3 is 1.01 bits per heavy atom. The van der Waals surface area contributed by atoms with Gasteiger partial charge in [0.15, 0.2) is 36.0 Å². The van der Waals surface area contributed by atoms with E-state index >= 15 is 0 Å². The molecule has 4 spiro atoms. The maximum absolute atomic E-state index is 6.41. The van der Waals surface area contributed by atoms with E-state index in [0.29, 0.717) is 21.7 Å². The van der Waals surface area contributed by atoms with Gasteiger partial charge in [0, 0.05) is 114 Å². The average molecular weight is 1600 g/mol. The third kappa shape index (κ3) is 14.1. The molecule has 5 aromatic carbocycles. The second kappa shape index (κ2) is 31.0. The number of pyridine rings is 7. The quantitative estimate of drug-likeness (QED) is 0.162. The molecule has 0 unspecified atom stereocenters. The van der Waals surface area contributed by atoms with Crippen LogP contribution in [0, 0.1) is 56.3 Å². The predicted molar refractivity (Wildman–Crippen MR) is 489 cm³/mol. The van der Waals surface area contributed by atoms with Crippen LogP contribution in [-0.4, -0.2) is 15.0 Å². The highest BCUT2D eigenvalue weighted by Crippen LogP contribution is 2.53. The standard InChI is InChI=1S/C28H31N2O.C28H30NO.2C27H29N2O/c1-18-7-9-22-23-10-8-19(2)29-27(23)31-26(22)25(18)24-15-21-16-28(12-5-4-6-13-28)14-11-20(21)17-30(24)3;1-19-10-11-23-22-8-4-5-9-25(22)30-27(23)26(19)24-16-21-17-28(13-6-3-7-14-28)15-12-20(21)18-29(24)2;1-18-6-7-22-21-9-13-28-16-24(21)30-26(22)25(18)23-14-20-15-27(10-4-3-5-11-27)12-8-19(20)17-29(23)2;1-18-6-7-21-22-16-28-13-9-24(22)30-26(21)25(18)23-14-20-15-27(10-4-3-5-11-27)12-8-19(20)17-29(23)2/h7-10,15,17H,4-6,11-14,16H2,1-3H3;4-5,8-11,16,18H,3,6-7,12-15,17H2,1-2H3;2*6-7,9,13-14,16-17H,3-5,8,10-12,15H2,1-2H3/q4*+1. The monoisotopic (exact) mass is 1600 g/mol. The van der Waals surface area contributed by atoms with Crippen LogP contribution in [0.4, 0.5) is 0 Å². The molecule has 614 valence electrons. The molecule has 11 heterocycles. The summed E-state index contributed by atoms with van der Waals surface area (Å²) in [6.07, 6.45) is 60.6. The lowest BCUT2D eigenvalue weighted by molar-refractivity contribution is -0.661. The van der Waals surface area contributed by atoms with Gasteiger partial charge in [-0.05, 0) is 260 Å². The van der Waals surface area contributed by atoms with Crippen molar-refractivity contribution >= 4 is 87.9 Å². The lowest BCUT2D eigenvalue weighted by Crippen LogP contribution is -2.36. The van der Waals surface area contributed by atoms with Gasteiger partial charge in [-0.2, -0.15) is 0 Å². The van der Waals surface area contributed by atoms with Crippen molar-refractivity contribution in [3.63, 3.8) is 0 Å². The van der Waals surface area contributed by atoms with E-state index in [0.717, 1.165) is 77.4 Å². The minimum Gasteiger partial charge on any atom is -0.455 e. The molecule has 121 heavy (non-hydrogen) atoms. The number of furan rings is 4. The smallest absolute Gasteiger partial charge is 0.227 e. The Morgan fingerprint density at radius 1 is 0.281 bits per heavy atom. The third-order valence-corrected chi connectivity index (χ3v) is 31.4. The summed E-state index contributed by atoms with van der Waals surface area (Å²) in [7, 11) is 8.75. The Hall–Kier alpha value is -10.7. The van der Waals surface area contributed by atoms with Gasteiger partial charge < -0.3 is 17.7 Å². The molecule has 4 fully saturated rings. The molecule has 11 nitrogen and oxygen atoms in total. The lowest BCUT2D eigenvalue weighted by Gasteiger charge is -2.41. The second-order valence-electron chi connectivity index (χ2n) is 39.2. The van der Waals surface area contributed by atoms with Gasteiger partial charge in [-0.25, -0.2) is 23.3 Å². The largest absolute Gasteiger partial charge is 0.455 e. The van der Waals surface area contributed by atoms with Crippen LogP contribution in [0.3, 0.4) is 0 Å². The van der Waals surface area contributed by atoms with Gasteiger partial charge in [-0.15, -0.1) is 0 Å². The highest BCUT2D eigenvalue weighted by atomic mass is 16.3. The zero-order valence-electron chi connectivity index (χ0n) is 73.1. The predicted octanol–water partition coefficient (Wildman–Crippen LogP) is 25.8. The second-order valence-corrected chi connectivity index (χ2v) is 39.2. The average Bonchev–Trinajstić information content (AvgIpc) is 1.68. The fourth-order valence-corrected chi connectivity index (χ4v) is 24.7. The van der Waals surface area contributed by atoms with Crippen molar-refractivity contribution in [2.45, 2.75) is 240 Å². The number of rotatable bonds is 4. The SMILES string of the molecule is Cc1ccc2c(n1)oc1c(-c3cc4c(c[n+]3C)CCC3(CCCCC3)C4)c(C)ccc12.Cc1ccc2c(oc3ccccc32)c1-c1cc2c(c[n+]1C)CCC1(CCCCC1)C2.Cc1ccc2c(oc3ccncc32)c1-c1cc2c(c[n+]1C)CCC1(CCCCC1)C2.Cc1ccc2c(oc3cnccc32)c1-c1cc2c(c[n+]1C)CCC1(CCCCC1)C2. The van der Waals surface area contributed by atoms with E-state index in [2.05, 4.69) is 229 Å². The van der Waals surface area contributed by atoms with E-state index in [1.165, 1.54) is 306 Å². The Morgan fingerprint density at radius 2 is 0.603 bits per heavy atom. The number of hydrogen-bond donors (Lipinski definition) is 0. The number of benzene rings is 5. The molecular formula is C110H119N7O4+4. The molecule has 11 heteroatoms. The molecule has 8 aliphatic carbocycles. The molecule has 0 saturated heterocycles. The van der Waals surface area contributed by atoms with Crippen LogP contribution in [-0.2, 0) is 79.6 Å². The third-order valence-electron chi connectivity index (χ3n) is 31.4. The van der Waals surface area contributed by atoms with Gasteiger partial charge in [0.1, 0.15) is 56.1 Å². The van der Waals surface area contributed by atoms with Gasteiger partial charge in [0.05, 0.1) is 28.5 Å². The van der Waals surface area contributed by atoms with Crippen LogP contribution >= 0.6 is 0 Å². The Labute approximate surface area is 712 Å². The maximum atomic E-state index is 6.41. The van der Waals surface area contributed by atoms with Gasteiger partial charge >= 0.3 is 0 Å². The van der Waals surface area contributed by atoms with Crippen molar-refractivity contribution in [2.24, 2.45) is 49.9 Å². The number of aromatic nitrogens is 7. The summed E-state index contributed by atoms with van der Waals surface area (Å²) in [6, 6.07) is 44.2. The first-order chi connectivity index (χ1) is 58.9. The van der Waals surface area contributed by atoms with E-state index in [1.807, 2.05) is 31.6 Å². The molecular weight excluding hydrogens is 1480 g/mol. The van der Waals surface area contributed by atoms with Gasteiger partial charge in [0.25, 0.3) is 0 Å². The molecule has 4 saturated carbocycles. The van der Waals surface area contributed by atoms with Crippen LogP contribution in [0.5, 0.6) is 0 Å². The number of nitrogens with zero attached hydrogens (tertiary/aromatic N) is 7. The van der Waals surface area contributed by atoms with Gasteiger partial charge in [0.2, 0.25) is 28.5 Å². The fourth-order valence-electron chi connectivity index (χ4n) is 24.7. The topological polar surface area (TPSA) is 107 Å². The van der Waals surface area contributed by atoms with Crippen molar-refractivity contribution in [3.05, 3.63) is 243 Å². The Kier molecular flexibility index (Phi) is 19.9. The minimum atomic E-state index is 0.546. The molecule has 11 aromatic heterocycles. The van der Waals surface area contributed by atoms with E-state index < -0.39 is 0 Å². The van der Waals surface area contributed by atoms with Gasteiger partial charge in [-0.3, -0.25) is 9.97 Å². The summed E-state index contributed by atoms with van der Waals surface area (Å²) < 4.78 is 34.8. The normalized spacial score (nSPS) is 18.2. The summed E-state index contributed by atoms with van der Waals surface area (Å²) in [5, 5.41) is 9.24. The van der Waals surface area contributed by atoms with Crippen molar-refractivity contribution in [3.8, 4) is 45.0 Å². The Balaban J connectivity index is 0.0000000996. The van der Waals surface area contributed by atoms with E-state index in [1.54, 1.807) is 34.0 Å². The van der Waals surface area contributed by atoms with Crippen LogP contribution in [0.2, 0.25) is 0 Å². The molecule has 0 amide bonds. The van der Waals surface area contributed by atoms with Crippen LogP contribution < -0.4 is 18.3 Å². The highest BCUT2D eigenvalue weighted by molar-refractivity contribution is 6.12. The van der Waals surface area contributed by atoms with Crippen LogP contribution in [0.1, 0.15) is 227 Å². The summed E-state index contributed by atoms with van der Waals surface area (Å²) >= 11 is 0. The highest BCUT2D eigenvalue weighted by Gasteiger charge is 2.43. The molecule has 0 N–H and O–H groups in total. The van der Waals surface area contributed by atoms with E-state index in [4.69, 9.17) is 17.7 Å². The molecule has 0 bridgehead atoms. The molecule has 0 aliphatic heterocycles. The molecule has 16 aromatic rings. The molecule has 24 rings (SSSR count). The maximum Gasteiger partial charge on any atom is 0.227 e. The fraction of sp³-hybridized carbons (Fsp3) is 0.409. The number of fused-ring (bicyclic) bond motifs is 16. The van der Waals surface area contributed by atoms with Crippen molar-refractivity contribution in [1.29, 1.82) is 0 Å². The molecule has 0 radical (unpaired) electrons. The first kappa shape index (κ1) is 77.7. The van der Waals surface area contributed by atoms with Crippen molar-refractivity contribution in [2.75, 3.05) is 0 Å². The van der Waals surface area contributed by atoms with E-state index in [9.17, 15) is 0 Å². The summed E-state index contributed by atoms with van der Waals surface area (Å²) in [5.41, 5.74) is 38.0. The zero-order valence-corrected chi connectivity index (χ0v) is 73.1. The summed E-state index contributed by atoms with van der Waals surface area (Å²) in [6.45, 7) is 10.8.